The van der Waals surface area contributed by atoms with E-state index in [2.05, 4.69) is 4.98 Å². The van der Waals surface area contributed by atoms with Gasteiger partial charge in [-0.15, -0.1) is 11.8 Å². The molecule has 19 heavy (non-hydrogen) atoms. The molecule has 0 aliphatic carbocycles. The summed E-state index contributed by atoms with van der Waals surface area (Å²) in [7, 11) is 1.63. The zero-order chi connectivity index (χ0) is 13.7. The summed E-state index contributed by atoms with van der Waals surface area (Å²) in [4.78, 5) is 16.0. The van der Waals surface area contributed by atoms with E-state index < -0.39 is 5.97 Å². The number of carboxylic acid groups (broad SMARTS) is 1. The zero-order valence-corrected chi connectivity index (χ0v) is 11.2. The zero-order valence-electron chi connectivity index (χ0n) is 10.4. The number of nitrogens with zero attached hydrogens (tertiary/aromatic N) is 1. The number of ether oxygens (including phenoxy) is 1. The molecule has 0 spiro atoms. The van der Waals surface area contributed by atoms with E-state index in [4.69, 9.17) is 9.84 Å². The molecular weight excluding hydrogens is 262 g/mol. The maximum Gasteiger partial charge on any atom is 0.354 e. The Balaban J connectivity index is 2.01. The molecule has 0 aliphatic rings. The van der Waals surface area contributed by atoms with Crippen LogP contribution in [0.4, 0.5) is 0 Å². The number of pyridine rings is 1. The maximum atomic E-state index is 10.8. The largest absolute Gasteiger partial charge is 0.497 e. The number of thioether (sulfide) groups is 1. The average molecular weight is 275 g/mol. The van der Waals surface area contributed by atoms with Crippen molar-refractivity contribution in [1.82, 2.24) is 4.98 Å². The Morgan fingerprint density at radius 1 is 1.26 bits per heavy atom. The van der Waals surface area contributed by atoms with Crippen LogP contribution in [0.2, 0.25) is 0 Å². The summed E-state index contributed by atoms with van der Waals surface area (Å²) in [6.45, 7) is 0. The van der Waals surface area contributed by atoms with Crippen LogP contribution < -0.4 is 4.74 Å². The van der Waals surface area contributed by atoms with Gasteiger partial charge in [-0.3, -0.25) is 0 Å². The van der Waals surface area contributed by atoms with Crippen LogP contribution in [0.1, 0.15) is 16.2 Å². The molecule has 98 valence electrons. The molecule has 0 bridgehead atoms. The highest BCUT2D eigenvalue weighted by molar-refractivity contribution is 7.98. The first kappa shape index (κ1) is 13.4. The van der Waals surface area contributed by atoms with Gasteiger partial charge in [-0.25, -0.2) is 9.78 Å². The number of hydrogen-bond acceptors (Lipinski definition) is 4. The fourth-order valence-corrected chi connectivity index (χ4v) is 2.31. The fraction of sp³-hybridized carbons (Fsp3) is 0.143. The highest BCUT2D eigenvalue weighted by Crippen LogP contribution is 2.24. The van der Waals surface area contributed by atoms with Gasteiger partial charge in [0, 0.05) is 10.6 Å². The van der Waals surface area contributed by atoms with Gasteiger partial charge in [-0.1, -0.05) is 6.07 Å². The maximum absolute atomic E-state index is 10.8. The third-order valence-electron chi connectivity index (χ3n) is 2.47. The van der Waals surface area contributed by atoms with E-state index in [-0.39, 0.29) is 5.69 Å². The SMILES string of the molecule is COc1ccc(SCc2cccc(C(=O)O)n2)cc1. The molecule has 1 aromatic carbocycles. The number of rotatable bonds is 5. The number of benzene rings is 1. The lowest BCUT2D eigenvalue weighted by atomic mass is 10.3. The van der Waals surface area contributed by atoms with Gasteiger partial charge in [-0.2, -0.15) is 0 Å². The van der Waals surface area contributed by atoms with Crippen LogP contribution in [-0.2, 0) is 5.75 Å². The Kier molecular flexibility index (Phi) is 4.41. The Morgan fingerprint density at radius 2 is 2.00 bits per heavy atom. The van der Waals surface area contributed by atoms with Crippen molar-refractivity contribution in [3.8, 4) is 5.75 Å². The quantitative estimate of drug-likeness (QED) is 0.850. The van der Waals surface area contributed by atoms with Crippen molar-refractivity contribution >= 4 is 17.7 Å². The average Bonchev–Trinajstić information content (AvgIpc) is 2.46. The Bertz CT molecular complexity index is 569. The predicted octanol–water partition coefficient (Wildman–Crippen LogP) is 3.08. The minimum atomic E-state index is -1.00. The van der Waals surface area contributed by atoms with Crippen molar-refractivity contribution in [2.45, 2.75) is 10.6 Å². The van der Waals surface area contributed by atoms with Crippen molar-refractivity contribution < 1.29 is 14.6 Å². The first-order chi connectivity index (χ1) is 9.19. The summed E-state index contributed by atoms with van der Waals surface area (Å²) in [5, 5.41) is 8.87. The van der Waals surface area contributed by atoms with Crippen LogP contribution in [0, 0.1) is 0 Å². The normalized spacial score (nSPS) is 10.2. The highest BCUT2D eigenvalue weighted by atomic mass is 32.2. The van der Waals surface area contributed by atoms with E-state index in [1.807, 2.05) is 30.3 Å². The molecule has 0 saturated heterocycles. The van der Waals surface area contributed by atoms with E-state index in [9.17, 15) is 4.79 Å². The second kappa shape index (κ2) is 6.24. The van der Waals surface area contributed by atoms with Gasteiger partial charge >= 0.3 is 5.97 Å². The molecule has 1 aromatic heterocycles. The van der Waals surface area contributed by atoms with Crippen molar-refractivity contribution in [2.24, 2.45) is 0 Å². The summed E-state index contributed by atoms with van der Waals surface area (Å²) in [5.74, 6) is 0.444. The second-order valence-corrected chi connectivity index (χ2v) is 4.83. The van der Waals surface area contributed by atoms with E-state index in [0.717, 1.165) is 16.3 Å². The smallest absolute Gasteiger partial charge is 0.354 e. The molecule has 0 radical (unpaired) electrons. The first-order valence-corrected chi connectivity index (χ1v) is 6.63. The van der Waals surface area contributed by atoms with Crippen molar-refractivity contribution in [2.75, 3.05) is 7.11 Å². The molecule has 0 fully saturated rings. The van der Waals surface area contributed by atoms with Gasteiger partial charge in [-0.05, 0) is 36.4 Å². The monoisotopic (exact) mass is 275 g/mol. The van der Waals surface area contributed by atoms with Crippen LogP contribution in [0.25, 0.3) is 0 Å². The van der Waals surface area contributed by atoms with E-state index in [1.165, 1.54) is 6.07 Å². The van der Waals surface area contributed by atoms with E-state index in [1.54, 1.807) is 24.9 Å². The lowest BCUT2D eigenvalue weighted by Crippen LogP contribution is -2.01. The van der Waals surface area contributed by atoms with Crippen LogP contribution >= 0.6 is 11.8 Å². The summed E-state index contributed by atoms with van der Waals surface area (Å²) < 4.78 is 5.09. The molecule has 2 aromatic rings. The molecule has 0 amide bonds. The fourth-order valence-electron chi connectivity index (χ4n) is 1.51. The molecule has 1 heterocycles. The van der Waals surface area contributed by atoms with Gasteiger partial charge in [0.2, 0.25) is 0 Å². The topological polar surface area (TPSA) is 59.4 Å². The van der Waals surface area contributed by atoms with Crippen LogP contribution in [-0.4, -0.2) is 23.2 Å². The number of aromatic nitrogens is 1. The summed E-state index contributed by atoms with van der Waals surface area (Å²) >= 11 is 1.60. The lowest BCUT2D eigenvalue weighted by Gasteiger charge is -2.04. The molecule has 4 nitrogen and oxygen atoms in total. The standard InChI is InChI=1S/C14H13NO3S/c1-18-11-5-7-12(8-6-11)19-9-10-3-2-4-13(15-10)14(16)17/h2-8H,9H2,1H3,(H,16,17). The first-order valence-electron chi connectivity index (χ1n) is 5.65. The molecule has 0 atom stereocenters. The van der Waals surface area contributed by atoms with Gasteiger partial charge in [0.1, 0.15) is 11.4 Å². The number of carbonyl (C=O) groups is 1. The molecule has 0 saturated carbocycles. The third kappa shape index (κ3) is 3.72. The highest BCUT2D eigenvalue weighted by Gasteiger charge is 2.05. The van der Waals surface area contributed by atoms with Crippen LogP contribution in [0.3, 0.4) is 0 Å². The number of aromatic carboxylic acids is 1. The lowest BCUT2D eigenvalue weighted by molar-refractivity contribution is 0.0690. The van der Waals surface area contributed by atoms with Gasteiger partial charge in [0.25, 0.3) is 0 Å². The minimum Gasteiger partial charge on any atom is -0.497 e. The molecule has 5 heteroatoms. The predicted molar refractivity (Wildman–Crippen MR) is 73.8 cm³/mol. The van der Waals surface area contributed by atoms with E-state index in [0.29, 0.717) is 5.75 Å². The van der Waals surface area contributed by atoms with Crippen LogP contribution in [0.5, 0.6) is 5.75 Å². The van der Waals surface area contributed by atoms with E-state index >= 15 is 0 Å². The van der Waals surface area contributed by atoms with Gasteiger partial charge < -0.3 is 9.84 Å². The van der Waals surface area contributed by atoms with Crippen LogP contribution in [0.15, 0.2) is 47.4 Å². The Labute approximate surface area is 115 Å². The van der Waals surface area contributed by atoms with Crippen molar-refractivity contribution in [3.05, 3.63) is 53.9 Å². The molecule has 0 aliphatic heterocycles. The summed E-state index contributed by atoms with van der Waals surface area (Å²) in [6.07, 6.45) is 0. The molecule has 2 rings (SSSR count). The minimum absolute atomic E-state index is 0.0767. The van der Waals surface area contributed by atoms with Gasteiger partial charge in [0.15, 0.2) is 0 Å². The summed E-state index contributed by atoms with van der Waals surface area (Å²) in [6, 6.07) is 12.7. The summed E-state index contributed by atoms with van der Waals surface area (Å²) in [5.41, 5.74) is 0.827. The number of hydrogen-bond donors (Lipinski definition) is 1. The molecule has 0 unspecified atom stereocenters. The molecule has 1 N–H and O–H groups in total. The van der Waals surface area contributed by atoms with Gasteiger partial charge in [0.05, 0.1) is 12.8 Å². The Morgan fingerprint density at radius 3 is 2.63 bits per heavy atom. The Hall–Kier alpha value is -2.01. The second-order valence-electron chi connectivity index (χ2n) is 3.78. The van der Waals surface area contributed by atoms with Crippen molar-refractivity contribution in [3.63, 3.8) is 0 Å². The third-order valence-corrected chi connectivity index (χ3v) is 3.52. The number of methoxy groups -OCH3 is 1. The van der Waals surface area contributed by atoms with Crippen molar-refractivity contribution in [1.29, 1.82) is 0 Å². The number of carboxylic acids is 1. The molecular formula is C14H13NO3S.